The minimum absolute atomic E-state index is 0.0316. The van der Waals surface area contributed by atoms with Crippen LogP contribution in [0.25, 0.3) is 0 Å². The summed E-state index contributed by atoms with van der Waals surface area (Å²) in [5, 5.41) is 13.2. The third-order valence-electron chi connectivity index (χ3n) is 2.49. The Bertz CT molecular complexity index is 632. The average molecular weight is 310 g/mol. The molecule has 0 bridgehead atoms. The lowest BCUT2D eigenvalue weighted by Crippen LogP contribution is -2.14. The first-order chi connectivity index (χ1) is 9.63. The van der Waals surface area contributed by atoms with Gasteiger partial charge in [-0.3, -0.25) is 0 Å². The van der Waals surface area contributed by atoms with Gasteiger partial charge in [0.05, 0.1) is 12.1 Å². The van der Waals surface area contributed by atoms with E-state index < -0.39 is 0 Å². The predicted molar refractivity (Wildman–Crippen MR) is 78.9 cm³/mol. The summed E-state index contributed by atoms with van der Waals surface area (Å²) >= 11 is 7.18. The van der Waals surface area contributed by atoms with Crippen molar-refractivity contribution in [3.63, 3.8) is 0 Å². The normalized spacial score (nSPS) is 11.4. The SMILES string of the molecule is COc1ccc(/C(N)=N/O)c(Sc2ccc(Cl)cn2)c1. The molecule has 7 heteroatoms. The molecule has 3 N–H and O–H groups in total. The lowest BCUT2D eigenvalue weighted by molar-refractivity contribution is 0.318. The van der Waals surface area contributed by atoms with E-state index in [1.165, 1.54) is 11.8 Å². The van der Waals surface area contributed by atoms with Crippen LogP contribution < -0.4 is 10.5 Å². The summed E-state index contributed by atoms with van der Waals surface area (Å²) in [5.74, 6) is 0.708. The maximum atomic E-state index is 8.83. The number of pyridine rings is 1. The fourth-order valence-corrected chi connectivity index (χ4v) is 2.55. The summed E-state index contributed by atoms with van der Waals surface area (Å²) in [6, 6.07) is 8.82. The van der Waals surface area contributed by atoms with E-state index in [1.54, 1.807) is 43.6 Å². The summed E-state index contributed by atoms with van der Waals surface area (Å²) < 4.78 is 5.18. The van der Waals surface area contributed by atoms with E-state index in [0.717, 1.165) is 9.92 Å². The first-order valence-electron chi connectivity index (χ1n) is 5.59. The number of methoxy groups -OCH3 is 1. The van der Waals surface area contributed by atoms with E-state index in [0.29, 0.717) is 16.3 Å². The molecule has 0 saturated heterocycles. The molecule has 0 fully saturated rings. The number of halogens is 1. The molecule has 1 aromatic carbocycles. The van der Waals surface area contributed by atoms with E-state index in [9.17, 15) is 0 Å². The first-order valence-corrected chi connectivity index (χ1v) is 6.79. The van der Waals surface area contributed by atoms with Gasteiger partial charge in [-0.05, 0) is 30.3 Å². The topological polar surface area (TPSA) is 80.7 Å². The Labute approximate surface area is 125 Å². The Kier molecular flexibility index (Phi) is 4.70. The van der Waals surface area contributed by atoms with Gasteiger partial charge in [0, 0.05) is 16.7 Å². The Morgan fingerprint density at radius 2 is 2.20 bits per heavy atom. The molecule has 1 aromatic heterocycles. The zero-order chi connectivity index (χ0) is 14.5. The second-order valence-corrected chi connectivity index (χ2v) is 5.26. The smallest absolute Gasteiger partial charge is 0.171 e. The summed E-state index contributed by atoms with van der Waals surface area (Å²) in [6.45, 7) is 0. The van der Waals surface area contributed by atoms with Gasteiger partial charge in [-0.1, -0.05) is 28.5 Å². The third kappa shape index (κ3) is 3.34. The van der Waals surface area contributed by atoms with E-state index >= 15 is 0 Å². The highest BCUT2D eigenvalue weighted by atomic mass is 35.5. The lowest BCUT2D eigenvalue weighted by atomic mass is 10.2. The molecule has 0 saturated carbocycles. The van der Waals surface area contributed by atoms with Gasteiger partial charge in [0.15, 0.2) is 5.84 Å². The molecule has 0 aliphatic rings. The Morgan fingerprint density at radius 3 is 2.80 bits per heavy atom. The van der Waals surface area contributed by atoms with Crippen molar-refractivity contribution in [2.75, 3.05) is 7.11 Å². The molecule has 0 radical (unpaired) electrons. The van der Waals surface area contributed by atoms with Crippen molar-refractivity contribution in [1.82, 2.24) is 4.98 Å². The highest BCUT2D eigenvalue weighted by Gasteiger charge is 2.11. The molecule has 5 nitrogen and oxygen atoms in total. The van der Waals surface area contributed by atoms with Gasteiger partial charge < -0.3 is 15.7 Å². The third-order valence-corrected chi connectivity index (χ3v) is 3.72. The number of aromatic nitrogens is 1. The number of nitrogens with zero attached hydrogens (tertiary/aromatic N) is 2. The number of amidine groups is 1. The van der Waals surface area contributed by atoms with Crippen LogP contribution in [0.3, 0.4) is 0 Å². The van der Waals surface area contributed by atoms with Crippen molar-refractivity contribution in [2.45, 2.75) is 9.92 Å². The van der Waals surface area contributed by atoms with Crippen molar-refractivity contribution in [2.24, 2.45) is 10.9 Å². The van der Waals surface area contributed by atoms with Gasteiger partial charge in [0.1, 0.15) is 10.8 Å². The van der Waals surface area contributed by atoms with Crippen molar-refractivity contribution in [3.05, 3.63) is 47.1 Å². The molecule has 0 aliphatic heterocycles. The molecule has 0 atom stereocenters. The summed E-state index contributed by atoms with van der Waals surface area (Å²) in [4.78, 5) is 4.98. The van der Waals surface area contributed by atoms with Crippen LogP contribution >= 0.6 is 23.4 Å². The summed E-state index contributed by atoms with van der Waals surface area (Å²) in [6.07, 6.45) is 1.56. The molecule has 0 aliphatic carbocycles. The summed E-state index contributed by atoms with van der Waals surface area (Å²) in [7, 11) is 1.58. The Morgan fingerprint density at radius 1 is 1.40 bits per heavy atom. The molecule has 1 heterocycles. The molecule has 2 aromatic rings. The van der Waals surface area contributed by atoms with Crippen LogP contribution in [0.5, 0.6) is 5.75 Å². The van der Waals surface area contributed by atoms with Crippen LogP contribution in [-0.2, 0) is 0 Å². The molecular formula is C13H12ClN3O2S. The monoisotopic (exact) mass is 309 g/mol. The van der Waals surface area contributed by atoms with E-state index in [2.05, 4.69) is 10.1 Å². The highest BCUT2D eigenvalue weighted by Crippen LogP contribution is 2.32. The van der Waals surface area contributed by atoms with Crippen LogP contribution in [0.1, 0.15) is 5.56 Å². The number of hydrogen-bond donors (Lipinski definition) is 2. The van der Waals surface area contributed by atoms with E-state index in [4.69, 9.17) is 27.3 Å². The molecule has 20 heavy (non-hydrogen) atoms. The standard InChI is InChI=1S/C13H12ClN3O2S/c1-19-9-3-4-10(13(15)17-18)11(6-9)20-12-5-2-8(14)7-16-12/h2-7,18H,1H3,(H2,15,17). The minimum Gasteiger partial charge on any atom is -0.497 e. The number of hydrogen-bond acceptors (Lipinski definition) is 5. The highest BCUT2D eigenvalue weighted by molar-refractivity contribution is 7.99. The fourth-order valence-electron chi connectivity index (χ4n) is 1.51. The lowest BCUT2D eigenvalue weighted by Gasteiger charge is -2.09. The molecule has 104 valence electrons. The number of nitrogens with two attached hydrogens (primary N) is 1. The Balaban J connectivity index is 2.39. The predicted octanol–water partition coefficient (Wildman–Crippen LogP) is 2.99. The average Bonchev–Trinajstić information content (AvgIpc) is 2.48. The van der Waals surface area contributed by atoms with Gasteiger partial charge in [0.25, 0.3) is 0 Å². The van der Waals surface area contributed by atoms with E-state index in [1.807, 2.05) is 0 Å². The van der Waals surface area contributed by atoms with Crippen LogP contribution in [0.15, 0.2) is 51.6 Å². The second-order valence-electron chi connectivity index (χ2n) is 3.76. The first kappa shape index (κ1) is 14.5. The maximum Gasteiger partial charge on any atom is 0.171 e. The van der Waals surface area contributed by atoms with Crippen LogP contribution in [0, 0.1) is 0 Å². The van der Waals surface area contributed by atoms with Gasteiger partial charge in [-0.15, -0.1) is 0 Å². The number of ether oxygens (including phenoxy) is 1. The number of rotatable bonds is 4. The van der Waals surface area contributed by atoms with Crippen LogP contribution in [0.4, 0.5) is 0 Å². The van der Waals surface area contributed by atoms with Crippen LogP contribution in [-0.4, -0.2) is 23.1 Å². The van der Waals surface area contributed by atoms with Gasteiger partial charge in [-0.25, -0.2) is 4.98 Å². The van der Waals surface area contributed by atoms with Crippen LogP contribution in [0.2, 0.25) is 5.02 Å². The van der Waals surface area contributed by atoms with Crippen molar-refractivity contribution < 1.29 is 9.94 Å². The van der Waals surface area contributed by atoms with Crippen molar-refractivity contribution in [1.29, 1.82) is 0 Å². The second kappa shape index (κ2) is 6.49. The molecule has 0 spiro atoms. The van der Waals surface area contributed by atoms with E-state index in [-0.39, 0.29) is 5.84 Å². The molecule has 2 rings (SSSR count). The van der Waals surface area contributed by atoms with Gasteiger partial charge >= 0.3 is 0 Å². The zero-order valence-corrected chi connectivity index (χ0v) is 12.1. The van der Waals surface area contributed by atoms with Crippen molar-refractivity contribution in [3.8, 4) is 5.75 Å². The Hall–Kier alpha value is -1.92. The van der Waals surface area contributed by atoms with Crippen molar-refractivity contribution >= 4 is 29.2 Å². The maximum absolute atomic E-state index is 8.83. The molecule has 0 amide bonds. The largest absolute Gasteiger partial charge is 0.497 e. The zero-order valence-electron chi connectivity index (χ0n) is 10.6. The van der Waals surface area contributed by atoms with Gasteiger partial charge in [-0.2, -0.15) is 0 Å². The van der Waals surface area contributed by atoms with Gasteiger partial charge in [0.2, 0.25) is 0 Å². The molecular weight excluding hydrogens is 298 g/mol. The quantitative estimate of drug-likeness (QED) is 0.393. The minimum atomic E-state index is 0.0316. The number of benzene rings is 1. The number of oxime groups is 1. The summed E-state index contributed by atoms with van der Waals surface area (Å²) in [5.41, 5.74) is 6.28. The molecule has 0 unspecified atom stereocenters. The fraction of sp³-hybridized carbons (Fsp3) is 0.0769.